The average molecular weight is 622 g/mol. The molecule has 0 spiro atoms. The van der Waals surface area contributed by atoms with Crippen molar-refractivity contribution in [1.82, 2.24) is 14.9 Å². The van der Waals surface area contributed by atoms with Crippen LogP contribution < -0.4 is 14.5 Å². The van der Waals surface area contributed by atoms with Crippen LogP contribution in [0.4, 0.5) is 11.5 Å². The molecule has 2 fully saturated rings. The minimum Gasteiger partial charge on any atom is -0.462 e. The summed E-state index contributed by atoms with van der Waals surface area (Å²) in [6, 6.07) is 7.29. The number of piperidine rings is 1. The first-order valence-electron chi connectivity index (χ1n) is 14.8. The van der Waals surface area contributed by atoms with Crippen LogP contribution in [-0.4, -0.2) is 78.4 Å². The van der Waals surface area contributed by atoms with E-state index in [0.717, 1.165) is 44.0 Å². The molecule has 4 heterocycles. The highest BCUT2D eigenvalue weighted by Crippen LogP contribution is 2.36. The Hall–Kier alpha value is -2.96. The van der Waals surface area contributed by atoms with Crippen molar-refractivity contribution in [2.75, 3.05) is 61.5 Å². The Balaban J connectivity index is 1.44. The maximum atomic E-state index is 12.9. The lowest BCUT2D eigenvalue weighted by Crippen LogP contribution is -2.45. The van der Waals surface area contributed by atoms with Gasteiger partial charge in [-0.1, -0.05) is 34.1 Å². The fourth-order valence-corrected chi connectivity index (χ4v) is 6.73. The topological polar surface area (TPSA) is 66.2 Å². The molecule has 0 amide bonds. The number of aromatic nitrogens is 2. The van der Waals surface area contributed by atoms with E-state index in [1.807, 2.05) is 6.08 Å². The van der Waals surface area contributed by atoms with Gasteiger partial charge < -0.3 is 24.3 Å². The van der Waals surface area contributed by atoms with E-state index in [1.165, 1.54) is 28.8 Å². The zero-order chi connectivity index (χ0) is 28.9. The lowest BCUT2D eigenvalue weighted by molar-refractivity contribution is -0.120. The summed E-state index contributed by atoms with van der Waals surface area (Å²) in [6.45, 7) is 16.9. The minimum atomic E-state index is -0.137. The third kappa shape index (κ3) is 6.60. The molecule has 3 aliphatic heterocycles. The van der Waals surface area contributed by atoms with Gasteiger partial charge in [-0.15, -0.1) is 0 Å². The summed E-state index contributed by atoms with van der Waals surface area (Å²) in [6.07, 6.45) is 7.38. The number of hydrogen-bond donors (Lipinski definition) is 0. The SMILES string of the molecule is [C-]#[N+]C[C@H]1CN(c2nc(OC[C@@H]3CCCN3C)nc3c2CCN(c2cccc(C)c2C)C3)CCC1C(=O)/C=C/CBr. The molecule has 9 heteroatoms. The molecule has 1 unspecified atom stereocenters. The zero-order valence-corrected chi connectivity index (χ0v) is 26.1. The summed E-state index contributed by atoms with van der Waals surface area (Å²) >= 11 is 3.37. The van der Waals surface area contributed by atoms with Gasteiger partial charge in [-0.2, -0.15) is 9.97 Å². The Labute approximate surface area is 252 Å². The van der Waals surface area contributed by atoms with Gasteiger partial charge in [0.15, 0.2) is 5.78 Å². The normalized spacial score (nSPS) is 23.0. The molecular weight excluding hydrogens is 580 g/mol. The van der Waals surface area contributed by atoms with Gasteiger partial charge in [0.2, 0.25) is 6.54 Å². The van der Waals surface area contributed by atoms with Crippen molar-refractivity contribution >= 4 is 33.2 Å². The van der Waals surface area contributed by atoms with Crippen LogP contribution in [0.3, 0.4) is 0 Å². The van der Waals surface area contributed by atoms with Gasteiger partial charge in [-0.05, 0) is 76.4 Å². The van der Waals surface area contributed by atoms with Crippen LogP contribution in [0.1, 0.15) is 41.6 Å². The van der Waals surface area contributed by atoms with E-state index in [0.29, 0.717) is 50.0 Å². The molecule has 8 nitrogen and oxygen atoms in total. The van der Waals surface area contributed by atoms with Crippen LogP contribution in [0.25, 0.3) is 4.85 Å². The number of likely N-dealkylation sites (tertiary alicyclic amines) is 1. The number of fused-ring (bicyclic) bond motifs is 1. The summed E-state index contributed by atoms with van der Waals surface area (Å²) in [5.41, 5.74) is 6.02. The predicted molar refractivity (Wildman–Crippen MR) is 167 cm³/mol. The van der Waals surface area contributed by atoms with E-state index < -0.39 is 0 Å². The first kappa shape index (κ1) is 29.5. The molecule has 2 aromatic rings. The van der Waals surface area contributed by atoms with E-state index in [1.54, 1.807) is 6.08 Å². The molecule has 1 aromatic carbocycles. The number of carbonyl (C=O) groups excluding carboxylic acids is 1. The summed E-state index contributed by atoms with van der Waals surface area (Å²) < 4.78 is 6.29. The van der Waals surface area contributed by atoms with Crippen LogP contribution in [0.15, 0.2) is 30.4 Å². The van der Waals surface area contributed by atoms with E-state index >= 15 is 0 Å². The molecule has 3 atom stereocenters. The van der Waals surface area contributed by atoms with Gasteiger partial charge in [-0.3, -0.25) is 4.79 Å². The standard InChI is InChI=1S/C32H41BrN6O2/c1-22-8-5-10-29(23(22)2)38-16-13-27-28(20-38)35-32(41-21-25-9-7-15-37(25)4)36-31(27)39-17-12-26(24(19-39)18-34-3)30(40)11-6-14-33/h5-6,8,10-11,24-26H,7,9,12-21H2,1-2,4H3/b11-6+/t24-,25-,26?/m0/s1. The highest BCUT2D eigenvalue weighted by molar-refractivity contribution is 9.09. The Bertz CT molecular complexity index is 1320. The van der Waals surface area contributed by atoms with E-state index in [-0.39, 0.29) is 17.6 Å². The van der Waals surface area contributed by atoms with Gasteiger partial charge in [0.25, 0.3) is 0 Å². The Morgan fingerprint density at radius 1 is 1.20 bits per heavy atom. The minimum absolute atomic E-state index is 0.0362. The molecule has 0 radical (unpaired) electrons. The number of hydrogen-bond acceptors (Lipinski definition) is 7. The zero-order valence-electron chi connectivity index (χ0n) is 24.5. The number of rotatable bonds is 9. The van der Waals surface area contributed by atoms with Gasteiger partial charge in [0, 0.05) is 48.2 Å². The molecule has 41 heavy (non-hydrogen) atoms. The van der Waals surface area contributed by atoms with Crippen LogP contribution in [0.2, 0.25) is 0 Å². The number of allylic oxidation sites excluding steroid dienone is 2. The number of halogens is 1. The number of alkyl halides is 1. The fourth-order valence-electron chi connectivity index (χ4n) is 6.54. The molecule has 218 valence electrons. The molecular formula is C32H41BrN6O2. The number of anilines is 2. The summed E-state index contributed by atoms with van der Waals surface area (Å²) in [5, 5.41) is 0.649. The second kappa shape index (κ2) is 13.3. The smallest absolute Gasteiger partial charge is 0.318 e. The number of likely N-dealkylation sites (N-methyl/N-ethyl adjacent to an activating group) is 1. The van der Waals surface area contributed by atoms with Crippen molar-refractivity contribution in [2.24, 2.45) is 11.8 Å². The summed E-state index contributed by atoms with van der Waals surface area (Å²) in [4.78, 5) is 33.7. The second-order valence-electron chi connectivity index (χ2n) is 11.6. The molecule has 1 aromatic heterocycles. The van der Waals surface area contributed by atoms with Crippen molar-refractivity contribution in [3.8, 4) is 6.01 Å². The molecule has 0 bridgehead atoms. The highest BCUT2D eigenvalue weighted by Gasteiger charge is 2.37. The van der Waals surface area contributed by atoms with Crippen LogP contribution in [0.5, 0.6) is 6.01 Å². The maximum Gasteiger partial charge on any atom is 0.318 e. The van der Waals surface area contributed by atoms with E-state index in [9.17, 15) is 4.79 Å². The number of benzene rings is 1. The van der Waals surface area contributed by atoms with Crippen molar-refractivity contribution in [1.29, 1.82) is 0 Å². The number of ketones is 1. The third-order valence-electron chi connectivity index (χ3n) is 9.11. The number of ether oxygens (including phenoxy) is 1. The third-order valence-corrected chi connectivity index (χ3v) is 9.49. The molecule has 3 aliphatic rings. The quantitative estimate of drug-likeness (QED) is 0.222. The Morgan fingerprint density at radius 2 is 2.05 bits per heavy atom. The van der Waals surface area contributed by atoms with Gasteiger partial charge >= 0.3 is 6.01 Å². The average Bonchev–Trinajstić information content (AvgIpc) is 3.40. The largest absolute Gasteiger partial charge is 0.462 e. The fraction of sp³-hybridized carbons (Fsp3) is 0.562. The van der Waals surface area contributed by atoms with E-state index in [2.05, 4.69) is 74.6 Å². The van der Waals surface area contributed by atoms with Crippen molar-refractivity contribution in [2.45, 2.75) is 52.1 Å². The van der Waals surface area contributed by atoms with E-state index in [4.69, 9.17) is 21.3 Å². The van der Waals surface area contributed by atoms with Crippen molar-refractivity contribution < 1.29 is 9.53 Å². The lowest BCUT2D eigenvalue weighted by atomic mass is 9.82. The van der Waals surface area contributed by atoms with Gasteiger partial charge in [-0.25, -0.2) is 6.57 Å². The predicted octanol–water partition coefficient (Wildman–Crippen LogP) is 5.01. The number of nitrogens with zero attached hydrogens (tertiary/aromatic N) is 6. The van der Waals surface area contributed by atoms with Crippen LogP contribution in [-0.2, 0) is 17.8 Å². The van der Waals surface area contributed by atoms with Crippen molar-refractivity contribution in [3.63, 3.8) is 0 Å². The summed E-state index contributed by atoms with van der Waals surface area (Å²) in [7, 11) is 2.15. The highest BCUT2D eigenvalue weighted by atomic mass is 79.9. The number of carbonyl (C=O) groups is 1. The van der Waals surface area contributed by atoms with Gasteiger partial charge in [0.05, 0.1) is 18.2 Å². The Kier molecular flexibility index (Phi) is 9.61. The van der Waals surface area contributed by atoms with Gasteiger partial charge in [0.1, 0.15) is 12.4 Å². The monoisotopic (exact) mass is 620 g/mol. The van der Waals surface area contributed by atoms with Crippen LogP contribution >= 0.6 is 15.9 Å². The molecule has 2 saturated heterocycles. The Morgan fingerprint density at radius 3 is 2.80 bits per heavy atom. The summed E-state index contributed by atoms with van der Waals surface area (Å²) in [5.74, 6) is 0.867. The maximum absolute atomic E-state index is 12.9. The van der Waals surface area contributed by atoms with Crippen LogP contribution in [0, 0.1) is 32.3 Å². The van der Waals surface area contributed by atoms with Crippen molar-refractivity contribution in [3.05, 3.63) is 64.2 Å². The number of aryl methyl sites for hydroxylation is 1. The first-order chi connectivity index (χ1) is 19.9. The molecule has 0 saturated carbocycles. The second-order valence-corrected chi connectivity index (χ2v) is 12.3. The molecule has 5 rings (SSSR count). The molecule has 0 aliphatic carbocycles. The first-order valence-corrected chi connectivity index (χ1v) is 15.9. The molecule has 0 N–H and O–H groups in total. The lowest BCUT2D eigenvalue weighted by Gasteiger charge is -2.39.